The molecular formula is C24H27Cl2N3O5S. The molecule has 8 nitrogen and oxygen atoms in total. The van der Waals surface area contributed by atoms with Crippen molar-refractivity contribution < 1.29 is 22.8 Å². The Kier molecular flexibility index (Phi) is 8.79. The third kappa shape index (κ3) is 5.63. The lowest BCUT2D eigenvalue weighted by atomic mass is 10.1. The van der Waals surface area contributed by atoms with Crippen LogP contribution in [0.5, 0.6) is 0 Å². The fourth-order valence-electron chi connectivity index (χ4n) is 4.03. The summed E-state index contributed by atoms with van der Waals surface area (Å²) in [5, 5.41) is 3.48. The number of carbonyl (C=O) groups excluding carboxylic acids is 3. The van der Waals surface area contributed by atoms with Crippen molar-refractivity contribution in [3.05, 3.63) is 63.6 Å². The van der Waals surface area contributed by atoms with Gasteiger partial charge in [0.1, 0.15) is 10.9 Å². The van der Waals surface area contributed by atoms with Crippen LogP contribution < -0.4 is 5.32 Å². The highest BCUT2D eigenvalue weighted by Gasteiger charge is 2.40. The molecule has 35 heavy (non-hydrogen) atoms. The lowest BCUT2D eigenvalue weighted by Gasteiger charge is -2.31. The molecule has 0 aliphatic carbocycles. The molecule has 11 heteroatoms. The third-order valence-corrected chi connectivity index (χ3v) is 8.34. The molecule has 1 aliphatic heterocycles. The number of benzene rings is 2. The molecule has 0 radical (unpaired) electrons. The van der Waals surface area contributed by atoms with Crippen LogP contribution >= 0.6 is 23.2 Å². The van der Waals surface area contributed by atoms with Gasteiger partial charge in [0.25, 0.3) is 15.9 Å². The minimum Gasteiger partial charge on any atom is -0.355 e. The van der Waals surface area contributed by atoms with Gasteiger partial charge in [0.2, 0.25) is 11.8 Å². The van der Waals surface area contributed by atoms with Crippen LogP contribution in [-0.4, -0.2) is 54.5 Å². The van der Waals surface area contributed by atoms with Gasteiger partial charge in [0.05, 0.1) is 5.56 Å². The van der Waals surface area contributed by atoms with Gasteiger partial charge in [-0.1, -0.05) is 48.3 Å². The summed E-state index contributed by atoms with van der Waals surface area (Å²) in [5.41, 5.74) is 0.635. The molecule has 0 saturated carbocycles. The van der Waals surface area contributed by atoms with Gasteiger partial charge in [-0.3, -0.25) is 14.4 Å². The summed E-state index contributed by atoms with van der Waals surface area (Å²) in [6.45, 7) is 3.84. The van der Waals surface area contributed by atoms with Gasteiger partial charge in [0, 0.05) is 41.7 Å². The van der Waals surface area contributed by atoms with Crippen LogP contribution in [0.4, 0.5) is 0 Å². The molecule has 3 amide bonds. The lowest BCUT2D eigenvalue weighted by molar-refractivity contribution is -0.141. The molecule has 188 valence electrons. The van der Waals surface area contributed by atoms with E-state index in [-0.39, 0.29) is 48.2 Å². The Bertz CT molecular complexity index is 1220. The standard InChI is InChI=1S/C24H27Cl2N3O5S/c1-3-20(23(31)27-4-2)28(15-17-18(25)10-7-11-19(17)26)22(30)13-8-14-29-24(32)16-9-5-6-12-21(16)35(29,33)34/h5-7,9-12,20H,3-4,8,13-15H2,1-2H3,(H,27,31)/t20-/m0/s1. The van der Waals surface area contributed by atoms with Crippen molar-refractivity contribution in [1.82, 2.24) is 14.5 Å². The Morgan fingerprint density at radius 1 is 1.06 bits per heavy atom. The number of likely N-dealkylation sites (N-methyl/N-ethyl adjacent to an activating group) is 1. The molecule has 0 unspecified atom stereocenters. The summed E-state index contributed by atoms with van der Waals surface area (Å²) in [6, 6.07) is 10.2. The maximum absolute atomic E-state index is 13.3. The number of hydrogen-bond donors (Lipinski definition) is 1. The summed E-state index contributed by atoms with van der Waals surface area (Å²) < 4.78 is 26.3. The van der Waals surface area contributed by atoms with Gasteiger partial charge in [-0.15, -0.1) is 0 Å². The molecular weight excluding hydrogens is 513 g/mol. The summed E-state index contributed by atoms with van der Waals surface area (Å²) in [6.07, 6.45) is 0.373. The van der Waals surface area contributed by atoms with Crippen LogP contribution in [0.1, 0.15) is 49.0 Å². The monoisotopic (exact) mass is 539 g/mol. The first kappa shape index (κ1) is 27.0. The number of rotatable bonds is 10. The fraction of sp³-hybridized carbons (Fsp3) is 0.375. The number of halogens is 2. The van der Waals surface area contributed by atoms with E-state index in [0.717, 1.165) is 4.31 Å². The quantitative estimate of drug-likeness (QED) is 0.493. The first-order chi connectivity index (χ1) is 16.6. The largest absolute Gasteiger partial charge is 0.355 e. The fourth-order valence-corrected chi connectivity index (χ4v) is 6.16. The van der Waals surface area contributed by atoms with Crippen molar-refractivity contribution in [3.63, 3.8) is 0 Å². The Hall–Kier alpha value is -2.62. The zero-order valence-electron chi connectivity index (χ0n) is 19.5. The molecule has 3 rings (SSSR count). The van der Waals surface area contributed by atoms with E-state index in [9.17, 15) is 22.8 Å². The SMILES string of the molecule is CCNC(=O)[C@H](CC)N(Cc1c(Cl)cccc1Cl)C(=O)CCCN1C(=O)c2ccccc2S1(=O)=O. The van der Waals surface area contributed by atoms with Crippen LogP contribution in [0.2, 0.25) is 10.0 Å². The van der Waals surface area contributed by atoms with Crippen molar-refractivity contribution in [1.29, 1.82) is 0 Å². The molecule has 0 spiro atoms. The maximum atomic E-state index is 13.3. The van der Waals surface area contributed by atoms with Crippen molar-refractivity contribution in [3.8, 4) is 0 Å². The summed E-state index contributed by atoms with van der Waals surface area (Å²) in [7, 11) is -3.96. The van der Waals surface area contributed by atoms with Gasteiger partial charge in [-0.25, -0.2) is 12.7 Å². The Balaban J connectivity index is 1.78. The molecule has 2 aromatic carbocycles. The summed E-state index contributed by atoms with van der Waals surface area (Å²) in [4.78, 5) is 40.0. The number of nitrogens with one attached hydrogen (secondary N) is 1. The van der Waals surface area contributed by atoms with Crippen molar-refractivity contribution in [2.75, 3.05) is 13.1 Å². The van der Waals surface area contributed by atoms with Crippen LogP contribution in [0, 0.1) is 0 Å². The molecule has 1 atom stereocenters. The Morgan fingerprint density at radius 3 is 2.31 bits per heavy atom. The van der Waals surface area contributed by atoms with Gasteiger partial charge in [-0.05, 0) is 44.0 Å². The van der Waals surface area contributed by atoms with Crippen molar-refractivity contribution in [2.24, 2.45) is 0 Å². The Morgan fingerprint density at radius 2 is 1.71 bits per heavy atom. The predicted octanol–water partition coefficient (Wildman–Crippen LogP) is 3.86. The minimum absolute atomic E-state index is 0.0133. The van der Waals surface area contributed by atoms with E-state index in [4.69, 9.17) is 23.2 Å². The second-order valence-electron chi connectivity index (χ2n) is 8.02. The number of amides is 3. The maximum Gasteiger partial charge on any atom is 0.269 e. The van der Waals surface area contributed by atoms with E-state index in [0.29, 0.717) is 28.6 Å². The highest BCUT2D eigenvalue weighted by atomic mass is 35.5. The van der Waals surface area contributed by atoms with Gasteiger partial charge < -0.3 is 10.2 Å². The first-order valence-electron chi connectivity index (χ1n) is 11.3. The highest BCUT2D eigenvalue weighted by molar-refractivity contribution is 7.90. The molecule has 0 saturated heterocycles. The van der Waals surface area contributed by atoms with Crippen LogP contribution in [-0.2, 0) is 26.2 Å². The summed E-state index contributed by atoms with van der Waals surface area (Å²) in [5.74, 6) is -1.29. The number of carbonyl (C=O) groups is 3. The zero-order chi connectivity index (χ0) is 25.8. The zero-order valence-corrected chi connectivity index (χ0v) is 21.8. The van der Waals surface area contributed by atoms with Crippen molar-refractivity contribution in [2.45, 2.75) is 50.6 Å². The molecule has 1 heterocycles. The topological polar surface area (TPSA) is 104 Å². The third-order valence-electron chi connectivity index (χ3n) is 5.79. The molecule has 0 bridgehead atoms. The van der Waals surface area contributed by atoms with Crippen molar-refractivity contribution >= 4 is 50.9 Å². The van der Waals surface area contributed by atoms with Crippen LogP contribution in [0.25, 0.3) is 0 Å². The average molecular weight is 540 g/mol. The predicted molar refractivity (Wildman–Crippen MR) is 134 cm³/mol. The second-order valence-corrected chi connectivity index (χ2v) is 10.7. The second kappa shape index (κ2) is 11.4. The normalized spacial score (nSPS) is 15.0. The molecule has 1 N–H and O–H groups in total. The minimum atomic E-state index is -3.96. The van der Waals surface area contributed by atoms with Gasteiger partial charge >= 0.3 is 0 Å². The number of sulfonamides is 1. The molecule has 0 fully saturated rings. The van der Waals surface area contributed by atoms with E-state index < -0.39 is 22.0 Å². The average Bonchev–Trinajstić information content (AvgIpc) is 3.01. The lowest BCUT2D eigenvalue weighted by Crippen LogP contribution is -2.49. The Labute approximate surface area is 215 Å². The van der Waals surface area contributed by atoms with Crippen LogP contribution in [0.15, 0.2) is 47.4 Å². The van der Waals surface area contributed by atoms with E-state index >= 15 is 0 Å². The number of hydrogen-bond acceptors (Lipinski definition) is 5. The van der Waals surface area contributed by atoms with E-state index in [1.165, 1.54) is 17.0 Å². The molecule has 1 aliphatic rings. The van der Waals surface area contributed by atoms with E-state index in [2.05, 4.69) is 5.32 Å². The van der Waals surface area contributed by atoms with Gasteiger partial charge in [-0.2, -0.15) is 0 Å². The van der Waals surface area contributed by atoms with Gasteiger partial charge in [0.15, 0.2) is 0 Å². The smallest absolute Gasteiger partial charge is 0.269 e. The number of fused-ring (bicyclic) bond motifs is 1. The molecule has 0 aromatic heterocycles. The van der Waals surface area contributed by atoms with E-state index in [1.54, 1.807) is 44.2 Å². The highest BCUT2D eigenvalue weighted by Crippen LogP contribution is 2.31. The van der Waals surface area contributed by atoms with E-state index in [1.807, 2.05) is 0 Å². The first-order valence-corrected chi connectivity index (χ1v) is 13.5. The van der Waals surface area contributed by atoms with Crippen LogP contribution in [0.3, 0.4) is 0 Å². The number of nitrogens with zero attached hydrogens (tertiary/aromatic N) is 2. The molecule has 2 aromatic rings. The summed E-state index contributed by atoms with van der Waals surface area (Å²) >= 11 is 12.6.